The lowest BCUT2D eigenvalue weighted by Gasteiger charge is -2.25. The van der Waals surface area contributed by atoms with E-state index in [1.165, 1.54) is 12.0 Å². The molecule has 0 N–H and O–H groups in total. The standard InChI is InChI=1S/C10H17NO5/c1-10(2,3)16-9(13)11-6-15-5-7(11)8(12)14-4/h7H,5-6H2,1-4H3/t7-/m1/s1. The van der Waals surface area contributed by atoms with Crippen molar-refractivity contribution in [2.75, 3.05) is 20.4 Å². The Morgan fingerprint density at radius 2 is 2.00 bits per heavy atom. The van der Waals surface area contributed by atoms with Gasteiger partial charge in [-0.05, 0) is 20.8 Å². The Labute approximate surface area is 94.4 Å². The third-order valence-electron chi connectivity index (χ3n) is 1.98. The second-order valence-electron chi connectivity index (χ2n) is 4.49. The minimum Gasteiger partial charge on any atom is -0.467 e. The normalized spacial score (nSPS) is 20.8. The monoisotopic (exact) mass is 231 g/mol. The zero-order valence-corrected chi connectivity index (χ0v) is 9.98. The van der Waals surface area contributed by atoms with Gasteiger partial charge < -0.3 is 14.2 Å². The van der Waals surface area contributed by atoms with E-state index < -0.39 is 23.7 Å². The van der Waals surface area contributed by atoms with Crippen molar-refractivity contribution < 1.29 is 23.8 Å². The molecule has 1 amide bonds. The van der Waals surface area contributed by atoms with Gasteiger partial charge in [0.2, 0.25) is 0 Å². The molecule has 1 heterocycles. The summed E-state index contributed by atoms with van der Waals surface area (Å²) >= 11 is 0. The van der Waals surface area contributed by atoms with E-state index >= 15 is 0 Å². The van der Waals surface area contributed by atoms with Gasteiger partial charge >= 0.3 is 12.1 Å². The van der Waals surface area contributed by atoms with Crippen LogP contribution in [0, 0.1) is 0 Å². The van der Waals surface area contributed by atoms with Gasteiger partial charge in [-0.3, -0.25) is 4.90 Å². The fourth-order valence-electron chi connectivity index (χ4n) is 1.27. The molecule has 0 radical (unpaired) electrons. The Morgan fingerprint density at radius 1 is 1.38 bits per heavy atom. The largest absolute Gasteiger partial charge is 0.467 e. The van der Waals surface area contributed by atoms with Gasteiger partial charge in [0.05, 0.1) is 13.7 Å². The molecule has 0 bridgehead atoms. The van der Waals surface area contributed by atoms with Crippen LogP contribution in [0.4, 0.5) is 4.79 Å². The van der Waals surface area contributed by atoms with Gasteiger partial charge in [0.1, 0.15) is 12.3 Å². The molecule has 6 nitrogen and oxygen atoms in total. The Kier molecular flexibility index (Phi) is 3.74. The summed E-state index contributed by atoms with van der Waals surface area (Å²) in [5, 5.41) is 0. The maximum absolute atomic E-state index is 11.7. The highest BCUT2D eigenvalue weighted by Crippen LogP contribution is 2.16. The van der Waals surface area contributed by atoms with E-state index in [-0.39, 0.29) is 13.3 Å². The summed E-state index contributed by atoms with van der Waals surface area (Å²) in [6.07, 6.45) is -0.569. The van der Waals surface area contributed by atoms with Gasteiger partial charge in [0.15, 0.2) is 6.04 Å². The molecule has 0 aliphatic carbocycles. The minimum absolute atomic E-state index is 0.0503. The van der Waals surface area contributed by atoms with Crippen LogP contribution in [0.2, 0.25) is 0 Å². The Hall–Kier alpha value is -1.30. The molecule has 92 valence electrons. The van der Waals surface area contributed by atoms with E-state index in [0.717, 1.165) is 0 Å². The van der Waals surface area contributed by atoms with Crippen molar-refractivity contribution in [2.24, 2.45) is 0 Å². The van der Waals surface area contributed by atoms with Crippen molar-refractivity contribution in [3.05, 3.63) is 0 Å². The Bertz CT molecular complexity index is 283. The SMILES string of the molecule is COC(=O)[C@H]1COCN1C(=O)OC(C)(C)C. The molecule has 0 saturated carbocycles. The fraction of sp³-hybridized carbons (Fsp3) is 0.800. The summed E-state index contributed by atoms with van der Waals surface area (Å²) in [6.45, 7) is 5.47. The molecule has 0 spiro atoms. The molecule has 0 aromatic carbocycles. The predicted octanol–water partition coefficient (Wildman–Crippen LogP) is 0.753. The number of methoxy groups -OCH3 is 1. The highest BCUT2D eigenvalue weighted by molar-refractivity contribution is 5.82. The molecular weight excluding hydrogens is 214 g/mol. The van der Waals surface area contributed by atoms with Gasteiger partial charge in [0.25, 0.3) is 0 Å². The zero-order valence-electron chi connectivity index (χ0n) is 9.98. The summed E-state index contributed by atoms with van der Waals surface area (Å²) < 4.78 is 14.8. The molecule has 0 aromatic heterocycles. The van der Waals surface area contributed by atoms with Crippen LogP contribution in [0.15, 0.2) is 0 Å². The van der Waals surface area contributed by atoms with Gasteiger partial charge in [-0.15, -0.1) is 0 Å². The first kappa shape index (κ1) is 12.8. The van der Waals surface area contributed by atoms with Crippen LogP contribution in [-0.2, 0) is 19.0 Å². The average molecular weight is 231 g/mol. The van der Waals surface area contributed by atoms with Crippen LogP contribution < -0.4 is 0 Å². The number of ether oxygens (including phenoxy) is 3. The molecule has 1 aliphatic heterocycles. The van der Waals surface area contributed by atoms with Crippen molar-refractivity contribution in [2.45, 2.75) is 32.4 Å². The predicted molar refractivity (Wildman–Crippen MR) is 54.7 cm³/mol. The molecule has 6 heteroatoms. The average Bonchev–Trinajstić information content (AvgIpc) is 2.62. The first-order chi connectivity index (χ1) is 7.35. The van der Waals surface area contributed by atoms with Gasteiger partial charge in [-0.25, -0.2) is 9.59 Å². The molecule has 16 heavy (non-hydrogen) atoms. The lowest BCUT2D eigenvalue weighted by atomic mass is 10.2. The first-order valence-corrected chi connectivity index (χ1v) is 5.00. The van der Waals surface area contributed by atoms with Gasteiger partial charge in [-0.2, -0.15) is 0 Å². The van der Waals surface area contributed by atoms with Crippen molar-refractivity contribution in [1.29, 1.82) is 0 Å². The number of hydrogen-bond donors (Lipinski definition) is 0. The third-order valence-corrected chi connectivity index (χ3v) is 1.98. The smallest absolute Gasteiger partial charge is 0.412 e. The first-order valence-electron chi connectivity index (χ1n) is 5.00. The van der Waals surface area contributed by atoms with E-state index in [2.05, 4.69) is 4.74 Å². The lowest BCUT2D eigenvalue weighted by Crippen LogP contribution is -2.44. The second-order valence-corrected chi connectivity index (χ2v) is 4.49. The summed E-state index contributed by atoms with van der Waals surface area (Å²) in [4.78, 5) is 24.3. The van der Waals surface area contributed by atoms with Gasteiger partial charge in [-0.1, -0.05) is 0 Å². The van der Waals surface area contributed by atoms with Crippen LogP contribution in [0.3, 0.4) is 0 Å². The molecule has 1 rings (SSSR count). The summed E-state index contributed by atoms with van der Waals surface area (Å²) in [5.41, 5.74) is -0.597. The van der Waals surface area contributed by atoms with E-state index in [1.54, 1.807) is 20.8 Å². The molecule has 1 aliphatic rings. The van der Waals surface area contributed by atoms with Crippen molar-refractivity contribution in [3.63, 3.8) is 0 Å². The number of amides is 1. The van der Waals surface area contributed by atoms with E-state index in [9.17, 15) is 9.59 Å². The number of carbonyl (C=O) groups is 2. The van der Waals surface area contributed by atoms with E-state index in [1.807, 2.05) is 0 Å². The third kappa shape index (κ3) is 3.10. The van der Waals surface area contributed by atoms with Crippen molar-refractivity contribution >= 4 is 12.1 Å². The van der Waals surface area contributed by atoms with Crippen molar-refractivity contribution in [3.8, 4) is 0 Å². The Balaban J connectivity index is 2.65. The van der Waals surface area contributed by atoms with Crippen LogP contribution in [-0.4, -0.2) is 49.1 Å². The molecule has 1 atom stereocenters. The maximum Gasteiger partial charge on any atom is 0.412 e. The summed E-state index contributed by atoms with van der Waals surface area (Å²) in [5.74, 6) is -0.497. The van der Waals surface area contributed by atoms with Crippen LogP contribution in [0.25, 0.3) is 0 Å². The maximum atomic E-state index is 11.7. The molecular formula is C10H17NO5. The van der Waals surface area contributed by atoms with Crippen LogP contribution in [0.1, 0.15) is 20.8 Å². The quantitative estimate of drug-likeness (QED) is 0.623. The number of nitrogens with zero attached hydrogens (tertiary/aromatic N) is 1. The summed E-state index contributed by atoms with van der Waals surface area (Å²) in [7, 11) is 1.27. The topological polar surface area (TPSA) is 65.1 Å². The molecule has 0 unspecified atom stereocenters. The van der Waals surface area contributed by atoms with Crippen LogP contribution in [0.5, 0.6) is 0 Å². The fourth-order valence-corrected chi connectivity index (χ4v) is 1.27. The number of esters is 1. The summed E-state index contributed by atoms with van der Waals surface area (Å²) in [6, 6.07) is -0.708. The van der Waals surface area contributed by atoms with Gasteiger partial charge in [0, 0.05) is 0 Å². The minimum atomic E-state index is -0.708. The van der Waals surface area contributed by atoms with Crippen LogP contribution >= 0.6 is 0 Å². The second kappa shape index (κ2) is 4.69. The Morgan fingerprint density at radius 3 is 2.50 bits per heavy atom. The number of rotatable bonds is 1. The van der Waals surface area contributed by atoms with E-state index in [4.69, 9.17) is 9.47 Å². The molecule has 0 aromatic rings. The highest BCUT2D eigenvalue weighted by Gasteiger charge is 2.38. The lowest BCUT2D eigenvalue weighted by molar-refractivity contribution is -0.145. The number of carbonyl (C=O) groups excluding carboxylic acids is 2. The zero-order chi connectivity index (χ0) is 12.3. The highest BCUT2D eigenvalue weighted by atomic mass is 16.6. The molecule has 1 fully saturated rings. The van der Waals surface area contributed by atoms with Crippen molar-refractivity contribution in [1.82, 2.24) is 4.90 Å². The van der Waals surface area contributed by atoms with E-state index in [0.29, 0.717) is 0 Å². The number of hydrogen-bond acceptors (Lipinski definition) is 5. The molecule has 1 saturated heterocycles.